The quantitative estimate of drug-likeness (QED) is 0.621. The molecule has 1 unspecified atom stereocenters. The minimum Gasteiger partial charge on any atom is -0.406 e. The van der Waals surface area contributed by atoms with Gasteiger partial charge in [0.2, 0.25) is 0 Å². The van der Waals surface area contributed by atoms with E-state index in [0.29, 0.717) is 24.2 Å². The Morgan fingerprint density at radius 3 is 2.64 bits per heavy atom. The topological polar surface area (TPSA) is 38.8 Å². The molecule has 0 aromatic heterocycles. The van der Waals surface area contributed by atoms with Gasteiger partial charge in [0.15, 0.2) is 0 Å². The third-order valence-corrected chi connectivity index (χ3v) is 4.90. The number of rotatable bonds is 5. The fourth-order valence-corrected chi connectivity index (χ4v) is 3.34. The molecular formula is C20H19BrF3NO3. The summed E-state index contributed by atoms with van der Waals surface area (Å²) in [7, 11) is 0. The molecule has 4 nitrogen and oxygen atoms in total. The van der Waals surface area contributed by atoms with Gasteiger partial charge in [-0.05, 0) is 54.8 Å². The molecule has 28 heavy (non-hydrogen) atoms. The van der Waals surface area contributed by atoms with Gasteiger partial charge in [-0.2, -0.15) is 0 Å². The van der Waals surface area contributed by atoms with Crippen molar-refractivity contribution in [3.05, 3.63) is 64.1 Å². The van der Waals surface area contributed by atoms with E-state index in [1.54, 1.807) is 23.1 Å². The molecule has 0 radical (unpaired) electrons. The van der Waals surface area contributed by atoms with E-state index in [9.17, 15) is 18.0 Å². The number of benzene rings is 2. The smallest absolute Gasteiger partial charge is 0.406 e. The van der Waals surface area contributed by atoms with Crippen LogP contribution in [0.5, 0.6) is 5.75 Å². The van der Waals surface area contributed by atoms with Crippen LogP contribution in [0.1, 0.15) is 28.8 Å². The average Bonchev–Trinajstić information content (AvgIpc) is 2.66. The van der Waals surface area contributed by atoms with Crippen molar-refractivity contribution in [2.45, 2.75) is 31.9 Å². The Balaban J connectivity index is 1.56. The maximum atomic E-state index is 12.6. The maximum absolute atomic E-state index is 12.6. The molecule has 3 rings (SSSR count). The van der Waals surface area contributed by atoms with Crippen LogP contribution in [-0.4, -0.2) is 36.4 Å². The molecule has 1 amide bonds. The van der Waals surface area contributed by atoms with Gasteiger partial charge in [-0.25, -0.2) is 0 Å². The molecule has 0 aliphatic carbocycles. The highest BCUT2D eigenvalue weighted by Crippen LogP contribution is 2.24. The van der Waals surface area contributed by atoms with E-state index in [1.807, 2.05) is 12.1 Å². The first kappa shape index (κ1) is 20.7. The maximum Gasteiger partial charge on any atom is 0.573 e. The number of carbonyl (C=O) groups is 1. The highest BCUT2D eigenvalue weighted by atomic mass is 79.9. The van der Waals surface area contributed by atoms with Crippen molar-refractivity contribution < 1.29 is 27.4 Å². The number of nitrogens with zero attached hydrogens (tertiary/aromatic N) is 1. The van der Waals surface area contributed by atoms with Crippen molar-refractivity contribution >= 4 is 21.8 Å². The molecule has 2 aromatic rings. The van der Waals surface area contributed by atoms with Crippen LogP contribution < -0.4 is 4.74 Å². The minimum absolute atomic E-state index is 0.0543. The lowest BCUT2D eigenvalue weighted by atomic mass is 10.1. The van der Waals surface area contributed by atoms with Crippen molar-refractivity contribution in [2.24, 2.45) is 0 Å². The summed E-state index contributed by atoms with van der Waals surface area (Å²) in [4.78, 5) is 14.4. The molecule has 1 atom stereocenters. The molecule has 150 valence electrons. The van der Waals surface area contributed by atoms with E-state index in [2.05, 4.69) is 20.7 Å². The molecule has 1 heterocycles. The van der Waals surface area contributed by atoms with Crippen molar-refractivity contribution in [2.75, 3.05) is 13.1 Å². The second-order valence-electron chi connectivity index (χ2n) is 6.53. The molecule has 8 heteroatoms. The molecule has 0 saturated carbocycles. The van der Waals surface area contributed by atoms with Crippen molar-refractivity contribution in [3.63, 3.8) is 0 Å². The lowest BCUT2D eigenvalue weighted by Gasteiger charge is -2.32. The third kappa shape index (κ3) is 5.97. The van der Waals surface area contributed by atoms with Crippen molar-refractivity contribution in [1.29, 1.82) is 0 Å². The van der Waals surface area contributed by atoms with Gasteiger partial charge in [-0.1, -0.05) is 28.1 Å². The Bertz CT molecular complexity index is 811. The van der Waals surface area contributed by atoms with Gasteiger partial charge >= 0.3 is 6.36 Å². The Kier molecular flexibility index (Phi) is 6.61. The number of ether oxygens (including phenoxy) is 2. The molecule has 0 spiro atoms. The zero-order valence-electron chi connectivity index (χ0n) is 14.9. The van der Waals surface area contributed by atoms with Crippen LogP contribution in [0.4, 0.5) is 13.2 Å². The van der Waals surface area contributed by atoms with E-state index >= 15 is 0 Å². The first-order chi connectivity index (χ1) is 13.3. The van der Waals surface area contributed by atoms with Crippen LogP contribution in [0.15, 0.2) is 53.0 Å². The first-order valence-corrected chi connectivity index (χ1v) is 9.60. The SMILES string of the molecule is O=C(c1ccc(Br)cc1)N1CCCC(OCc2cccc(OC(F)(F)F)c2)C1. The van der Waals surface area contributed by atoms with E-state index in [-0.39, 0.29) is 24.4 Å². The first-order valence-electron chi connectivity index (χ1n) is 8.81. The van der Waals surface area contributed by atoms with Gasteiger partial charge in [0, 0.05) is 23.1 Å². The van der Waals surface area contributed by atoms with Crippen LogP contribution in [-0.2, 0) is 11.3 Å². The van der Waals surface area contributed by atoms with Gasteiger partial charge in [-0.15, -0.1) is 13.2 Å². The summed E-state index contributed by atoms with van der Waals surface area (Å²) in [5.41, 5.74) is 1.19. The summed E-state index contributed by atoms with van der Waals surface area (Å²) >= 11 is 3.35. The summed E-state index contributed by atoms with van der Waals surface area (Å²) in [5, 5.41) is 0. The van der Waals surface area contributed by atoms with Gasteiger partial charge in [0.05, 0.1) is 12.7 Å². The third-order valence-electron chi connectivity index (χ3n) is 4.37. The monoisotopic (exact) mass is 457 g/mol. The number of hydrogen-bond acceptors (Lipinski definition) is 3. The van der Waals surface area contributed by atoms with Gasteiger partial charge in [0.25, 0.3) is 5.91 Å². The molecule has 2 aromatic carbocycles. The number of piperidine rings is 1. The predicted molar refractivity (Wildman–Crippen MR) is 101 cm³/mol. The summed E-state index contributed by atoms with van der Waals surface area (Å²) in [5.74, 6) is -0.328. The summed E-state index contributed by atoms with van der Waals surface area (Å²) < 4.78 is 47.7. The van der Waals surface area contributed by atoms with Crippen LogP contribution >= 0.6 is 15.9 Å². The second-order valence-corrected chi connectivity index (χ2v) is 7.44. The zero-order valence-corrected chi connectivity index (χ0v) is 16.5. The average molecular weight is 458 g/mol. The number of carbonyl (C=O) groups excluding carboxylic acids is 1. The number of amides is 1. The summed E-state index contributed by atoms with van der Waals surface area (Å²) in [6.45, 7) is 1.26. The normalized spacial score (nSPS) is 17.4. The van der Waals surface area contributed by atoms with Crippen LogP contribution in [0.3, 0.4) is 0 Å². The Hall–Kier alpha value is -2.06. The highest BCUT2D eigenvalue weighted by molar-refractivity contribution is 9.10. The summed E-state index contributed by atoms with van der Waals surface area (Å²) in [6, 6.07) is 12.9. The van der Waals surface area contributed by atoms with Crippen LogP contribution in [0, 0.1) is 0 Å². The molecule has 1 saturated heterocycles. The molecule has 0 bridgehead atoms. The van der Waals surface area contributed by atoms with Gasteiger partial charge in [-0.3, -0.25) is 4.79 Å². The Labute approximate surface area is 169 Å². The Morgan fingerprint density at radius 2 is 1.93 bits per heavy atom. The predicted octanol–water partition coefficient (Wildman–Crippen LogP) is 5.17. The summed E-state index contributed by atoms with van der Waals surface area (Å²) in [6.07, 6.45) is -3.29. The fourth-order valence-electron chi connectivity index (χ4n) is 3.08. The minimum atomic E-state index is -4.73. The fraction of sp³-hybridized carbons (Fsp3) is 0.350. The lowest BCUT2D eigenvalue weighted by Crippen LogP contribution is -2.43. The lowest BCUT2D eigenvalue weighted by molar-refractivity contribution is -0.274. The molecule has 1 fully saturated rings. The van der Waals surface area contributed by atoms with Crippen LogP contribution in [0.2, 0.25) is 0 Å². The van der Waals surface area contributed by atoms with Crippen LogP contribution in [0.25, 0.3) is 0 Å². The van der Waals surface area contributed by atoms with Gasteiger partial charge in [0.1, 0.15) is 5.75 Å². The van der Waals surface area contributed by atoms with E-state index in [4.69, 9.17) is 4.74 Å². The Morgan fingerprint density at radius 1 is 1.18 bits per heavy atom. The van der Waals surface area contributed by atoms with E-state index < -0.39 is 6.36 Å². The van der Waals surface area contributed by atoms with E-state index in [1.165, 1.54) is 18.2 Å². The van der Waals surface area contributed by atoms with E-state index in [0.717, 1.165) is 17.3 Å². The number of alkyl halides is 3. The number of halogens is 4. The van der Waals surface area contributed by atoms with Crippen molar-refractivity contribution in [1.82, 2.24) is 4.90 Å². The number of likely N-dealkylation sites (tertiary alicyclic amines) is 1. The van der Waals surface area contributed by atoms with Gasteiger partial charge < -0.3 is 14.4 Å². The largest absolute Gasteiger partial charge is 0.573 e. The second kappa shape index (κ2) is 8.96. The highest BCUT2D eigenvalue weighted by Gasteiger charge is 2.31. The number of hydrogen-bond donors (Lipinski definition) is 0. The molecular weight excluding hydrogens is 439 g/mol. The molecule has 1 aliphatic rings. The van der Waals surface area contributed by atoms with Crippen molar-refractivity contribution in [3.8, 4) is 5.75 Å². The standard InChI is InChI=1S/C20H19BrF3NO3/c21-16-8-6-15(7-9-16)19(26)25-10-2-5-18(12-25)27-13-14-3-1-4-17(11-14)28-20(22,23)24/h1,3-4,6-9,11,18H,2,5,10,12-13H2. The zero-order chi connectivity index (χ0) is 20.1. The molecule has 0 N–H and O–H groups in total. The molecule has 1 aliphatic heterocycles.